The van der Waals surface area contributed by atoms with Crippen LogP contribution in [-0.4, -0.2) is 52.6 Å². The Hall–Kier alpha value is -1.26. The molecule has 20 heavy (non-hydrogen) atoms. The van der Waals surface area contributed by atoms with Crippen LogP contribution in [0.1, 0.15) is 51.9 Å². The largest absolute Gasteiger partial charge is 0.480 e. The highest BCUT2D eigenvalue weighted by Gasteiger charge is 2.37. The van der Waals surface area contributed by atoms with Gasteiger partial charge in [-0.2, -0.15) is 0 Å². The Balaban J connectivity index is 2.04. The minimum atomic E-state index is -0.855. The molecule has 5 heteroatoms. The number of amides is 2. The minimum absolute atomic E-state index is 0.0612. The molecule has 2 atom stereocenters. The molecule has 2 rings (SSSR count). The smallest absolute Gasteiger partial charge is 0.326 e. The lowest BCUT2D eigenvalue weighted by molar-refractivity contribution is -0.144. The maximum atomic E-state index is 12.6. The van der Waals surface area contributed by atoms with E-state index in [-0.39, 0.29) is 6.03 Å². The average Bonchev–Trinajstić information content (AvgIpc) is 2.74. The van der Waals surface area contributed by atoms with Crippen molar-refractivity contribution >= 4 is 12.0 Å². The molecule has 114 valence electrons. The number of urea groups is 1. The molecule has 2 aliphatic rings. The molecule has 2 amide bonds. The van der Waals surface area contributed by atoms with Gasteiger partial charge in [-0.3, -0.25) is 0 Å². The average molecular weight is 282 g/mol. The number of carbonyl (C=O) groups is 2. The zero-order valence-electron chi connectivity index (χ0n) is 12.4. The second kappa shape index (κ2) is 6.95. The highest BCUT2D eigenvalue weighted by Crippen LogP contribution is 2.27. The third-order valence-electron chi connectivity index (χ3n) is 4.70. The number of carboxylic acids is 1. The summed E-state index contributed by atoms with van der Waals surface area (Å²) >= 11 is 0. The second-order valence-corrected chi connectivity index (χ2v) is 6.03. The topological polar surface area (TPSA) is 60.9 Å². The van der Waals surface area contributed by atoms with E-state index in [0.29, 0.717) is 18.9 Å². The van der Waals surface area contributed by atoms with Gasteiger partial charge in [0.1, 0.15) is 6.04 Å². The number of hydrogen-bond donors (Lipinski definition) is 1. The number of aliphatic carboxylic acids is 1. The molecule has 2 fully saturated rings. The number of likely N-dealkylation sites (tertiary alicyclic amines) is 2. The summed E-state index contributed by atoms with van der Waals surface area (Å²) < 4.78 is 0. The van der Waals surface area contributed by atoms with Crippen molar-refractivity contribution in [3.05, 3.63) is 0 Å². The molecule has 2 saturated heterocycles. The van der Waals surface area contributed by atoms with Gasteiger partial charge in [0, 0.05) is 19.6 Å². The van der Waals surface area contributed by atoms with Gasteiger partial charge in [-0.25, -0.2) is 9.59 Å². The van der Waals surface area contributed by atoms with E-state index in [9.17, 15) is 14.7 Å². The van der Waals surface area contributed by atoms with E-state index >= 15 is 0 Å². The monoisotopic (exact) mass is 282 g/mol. The van der Waals surface area contributed by atoms with Crippen LogP contribution in [0.2, 0.25) is 0 Å². The lowest BCUT2D eigenvalue weighted by Gasteiger charge is -2.39. The highest BCUT2D eigenvalue weighted by atomic mass is 16.4. The van der Waals surface area contributed by atoms with Crippen molar-refractivity contribution in [2.24, 2.45) is 5.92 Å². The molecule has 2 aliphatic heterocycles. The summed E-state index contributed by atoms with van der Waals surface area (Å²) in [5.74, 6) is -0.421. The molecule has 0 aromatic heterocycles. The first-order chi connectivity index (χ1) is 9.63. The lowest BCUT2D eigenvalue weighted by atomic mass is 9.89. The van der Waals surface area contributed by atoms with Crippen molar-refractivity contribution in [1.82, 2.24) is 9.80 Å². The van der Waals surface area contributed by atoms with Crippen LogP contribution in [0.4, 0.5) is 4.79 Å². The van der Waals surface area contributed by atoms with Gasteiger partial charge in [0.05, 0.1) is 0 Å². The first-order valence-corrected chi connectivity index (χ1v) is 7.91. The van der Waals surface area contributed by atoms with Crippen molar-refractivity contribution in [3.8, 4) is 0 Å². The number of rotatable bonds is 2. The first-order valence-electron chi connectivity index (χ1n) is 7.91. The SMILES string of the molecule is CCC1CCN(C(=O)N2CCCCCC2)C(C(=O)O)C1. The van der Waals surface area contributed by atoms with Crippen LogP contribution in [0.5, 0.6) is 0 Å². The van der Waals surface area contributed by atoms with E-state index in [1.54, 1.807) is 4.90 Å². The van der Waals surface area contributed by atoms with Gasteiger partial charge in [-0.15, -0.1) is 0 Å². The van der Waals surface area contributed by atoms with Gasteiger partial charge in [0.25, 0.3) is 0 Å². The Bertz CT molecular complexity index is 351. The van der Waals surface area contributed by atoms with Crippen molar-refractivity contribution in [2.45, 2.75) is 57.9 Å². The van der Waals surface area contributed by atoms with E-state index in [1.165, 1.54) is 12.8 Å². The minimum Gasteiger partial charge on any atom is -0.480 e. The zero-order chi connectivity index (χ0) is 14.5. The van der Waals surface area contributed by atoms with E-state index in [1.807, 2.05) is 4.90 Å². The van der Waals surface area contributed by atoms with Crippen molar-refractivity contribution in [1.29, 1.82) is 0 Å². The predicted octanol–water partition coefficient (Wildman–Crippen LogP) is 2.56. The molecule has 2 heterocycles. The van der Waals surface area contributed by atoms with Gasteiger partial charge in [0.2, 0.25) is 0 Å². The molecule has 0 spiro atoms. The molecule has 0 aromatic rings. The highest BCUT2D eigenvalue weighted by molar-refractivity contribution is 5.83. The Kier molecular flexibility index (Phi) is 5.26. The maximum absolute atomic E-state index is 12.6. The van der Waals surface area contributed by atoms with Gasteiger partial charge in [-0.1, -0.05) is 26.2 Å². The van der Waals surface area contributed by atoms with E-state index < -0.39 is 12.0 Å². The standard InChI is InChI=1S/C15H26N2O3/c1-2-12-7-10-17(13(11-12)14(18)19)15(20)16-8-5-3-4-6-9-16/h12-13H,2-11H2,1H3,(H,18,19). The van der Waals surface area contributed by atoms with Crippen LogP contribution in [0.25, 0.3) is 0 Å². The molecule has 0 bridgehead atoms. The molecule has 2 unspecified atom stereocenters. The van der Waals surface area contributed by atoms with Crippen molar-refractivity contribution < 1.29 is 14.7 Å². The van der Waals surface area contributed by atoms with Crippen LogP contribution in [0, 0.1) is 5.92 Å². The van der Waals surface area contributed by atoms with Crippen molar-refractivity contribution in [2.75, 3.05) is 19.6 Å². The Morgan fingerprint density at radius 3 is 2.30 bits per heavy atom. The molecule has 5 nitrogen and oxygen atoms in total. The number of piperidine rings is 1. The van der Waals surface area contributed by atoms with E-state index in [2.05, 4.69) is 6.92 Å². The van der Waals surface area contributed by atoms with Crippen LogP contribution >= 0.6 is 0 Å². The molecule has 0 aromatic carbocycles. The normalized spacial score (nSPS) is 28.1. The summed E-state index contributed by atoms with van der Waals surface area (Å²) in [6.07, 6.45) is 6.94. The molecule has 0 aliphatic carbocycles. The third kappa shape index (κ3) is 3.44. The summed E-state index contributed by atoms with van der Waals surface area (Å²) in [5.41, 5.74) is 0. The number of nitrogens with zero attached hydrogens (tertiary/aromatic N) is 2. The van der Waals surface area contributed by atoms with Crippen LogP contribution < -0.4 is 0 Å². The third-order valence-corrected chi connectivity index (χ3v) is 4.70. The summed E-state index contributed by atoms with van der Waals surface area (Å²) in [5, 5.41) is 9.41. The quantitative estimate of drug-likeness (QED) is 0.846. The number of carbonyl (C=O) groups excluding carboxylic acids is 1. The second-order valence-electron chi connectivity index (χ2n) is 6.03. The molecular formula is C15H26N2O3. The Morgan fingerprint density at radius 1 is 1.10 bits per heavy atom. The first kappa shape index (κ1) is 15.1. The van der Waals surface area contributed by atoms with E-state index in [4.69, 9.17) is 0 Å². The van der Waals surface area contributed by atoms with Gasteiger partial charge >= 0.3 is 12.0 Å². The fraction of sp³-hybridized carbons (Fsp3) is 0.867. The summed E-state index contributed by atoms with van der Waals surface area (Å²) in [7, 11) is 0. The lowest BCUT2D eigenvalue weighted by Crippen LogP contribution is -2.54. The molecule has 0 saturated carbocycles. The summed E-state index contributed by atoms with van der Waals surface area (Å²) in [4.78, 5) is 27.5. The number of carboxylic acid groups (broad SMARTS) is 1. The van der Waals surface area contributed by atoms with Crippen LogP contribution in [0.15, 0.2) is 0 Å². The van der Waals surface area contributed by atoms with Crippen LogP contribution in [-0.2, 0) is 4.79 Å². The molecular weight excluding hydrogens is 256 g/mol. The Morgan fingerprint density at radius 2 is 1.75 bits per heavy atom. The predicted molar refractivity (Wildman–Crippen MR) is 76.6 cm³/mol. The van der Waals surface area contributed by atoms with E-state index in [0.717, 1.165) is 38.8 Å². The number of hydrogen-bond acceptors (Lipinski definition) is 2. The van der Waals surface area contributed by atoms with Gasteiger partial charge in [-0.05, 0) is 31.6 Å². The molecule has 0 radical (unpaired) electrons. The molecule has 1 N–H and O–H groups in total. The summed E-state index contributed by atoms with van der Waals surface area (Å²) in [6.45, 7) is 4.23. The van der Waals surface area contributed by atoms with Crippen molar-refractivity contribution in [3.63, 3.8) is 0 Å². The van der Waals surface area contributed by atoms with Gasteiger partial charge < -0.3 is 14.9 Å². The summed E-state index contributed by atoms with van der Waals surface area (Å²) in [6, 6.07) is -0.696. The zero-order valence-corrected chi connectivity index (χ0v) is 12.4. The fourth-order valence-corrected chi connectivity index (χ4v) is 3.32. The van der Waals surface area contributed by atoms with Gasteiger partial charge in [0.15, 0.2) is 0 Å². The van der Waals surface area contributed by atoms with Crippen LogP contribution in [0.3, 0.4) is 0 Å². The fourth-order valence-electron chi connectivity index (χ4n) is 3.32. The maximum Gasteiger partial charge on any atom is 0.326 e. The Labute approximate surface area is 120 Å².